The van der Waals surface area contributed by atoms with Crippen molar-refractivity contribution in [2.75, 3.05) is 26.3 Å². The van der Waals surface area contributed by atoms with Crippen molar-refractivity contribution in [1.82, 2.24) is 5.32 Å². The zero-order valence-electron chi connectivity index (χ0n) is 9.30. The Morgan fingerprint density at radius 3 is 2.64 bits per heavy atom. The van der Waals surface area contributed by atoms with Gasteiger partial charge in [0.05, 0.1) is 5.41 Å². The third kappa shape index (κ3) is 5.94. The second-order valence-corrected chi connectivity index (χ2v) is 3.92. The van der Waals surface area contributed by atoms with E-state index in [-0.39, 0.29) is 0 Å². The minimum atomic E-state index is -0.769. The molecule has 0 aromatic rings. The van der Waals surface area contributed by atoms with Crippen LogP contribution in [0.15, 0.2) is 0 Å². The van der Waals surface area contributed by atoms with Crippen molar-refractivity contribution in [3.63, 3.8) is 0 Å². The first kappa shape index (κ1) is 13.4. The number of ether oxygens (including phenoxy) is 1. The van der Waals surface area contributed by atoms with Gasteiger partial charge < -0.3 is 15.2 Å². The molecule has 0 unspecified atom stereocenters. The minimum absolute atomic E-state index is 0.495. The first-order chi connectivity index (χ1) is 6.50. The third-order valence-electron chi connectivity index (χ3n) is 1.99. The molecule has 14 heavy (non-hydrogen) atoms. The molecule has 0 aromatic heterocycles. The Kier molecular flexibility index (Phi) is 6.49. The Bertz CT molecular complexity index is 169. The molecule has 0 aliphatic rings. The Morgan fingerprint density at radius 1 is 1.50 bits per heavy atom. The van der Waals surface area contributed by atoms with Gasteiger partial charge in [-0.1, -0.05) is 0 Å². The fourth-order valence-corrected chi connectivity index (χ4v) is 0.920. The van der Waals surface area contributed by atoms with Crippen molar-refractivity contribution in [2.45, 2.75) is 27.2 Å². The van der Waals surface area contributed by atoms with Gasteiger partial charge in [-0.05, 0) is 33.7 Å². The zero-order valence-corrected chi connectivity index (χ0v) is 9.30. The first-order valence-electron chi connectivity index (χ1n) is 5.02. The molecule has 0 saturated heterocycles. The van der Waals surface area contributed by atoms with Gasteiger partial charge in [-0.25, -0.2) is 0 Å². The molecule has 0 aromatic carbocycles. The van der Waals surface area contributed by atoms with E-state index in [9.17, 15) is 4.79 Å². The quantitative estimate of drug-likeness (QED) is 0.580. The van der Waals surface area contributed by atoms with Gasteiger partial charge >= 0.3 is 5.97 Å². The van der Waals surface area contributed by atoms with Crippen LogP contribution < -0.4 is 5.32 Å². The van der Waals surface area contributed by atoms with Gasteiger partial charge in [0.1, 0.15) is 0 Å². The lowest BCUT2D eigenvalue weighted by Gasteiger charge is -2.19. The molecule has 0 rings (SSSR count). The fourth-order valence-electron chi connectivity index (χ4n) is 0.920. The molecule has 0 aliphatic carbocycles. The van der Waals surface area contributed by atoms with E-state index >= 15 is 0 Å². The van der Waals surface area contributed by atoms with Crippen LogP contribution in [0.4, 0.5) is 0 Å². The number of hydrogen-bond donors (Lipinski definition) is 2. The standard InChI is InChI=1S/C10H21NO3/c1-4-14-7-5-6-11-8-10(2,3)9(12)13/h11H,4-8H2,1-3H3,(H,12,13). The normalized spacial score (nSPS) is 11.6. The van der Waals surface area contributed by atoms with Crippen molar-refractivity contribution in [1.29, 1.82) is 0 Å². The lowest BCUT2D eigenvalue weighted by Crippen LogP contribution is -2.36. The topological polar surface area (TPSA) is 58.6 Å². The summed E-state index contributed by atoms with van der Waals surface area (Å²) in [5, 5.41) is 11.9. The summed E-state index contributed by atoms with van der Waals surface area (Å²) < 4.78 is 5.16. The molecular weight excluding hydrogens is 182 g/mol. The van der Waals surface area contributed by atoms with E-state index in [1.807, 2.05) is 6.92 Å². The van der Waals surface area contributed by atoms with Gasteiger partial charge in [0.25, 0.3) is 0 Å². The highest BCUT2D eigenvalue weighted by molar-refractivity contribution is 5.73. The Hall–Kier alpha value is -0.610. The molecule has 0 spiro atoms. The van der Waals surface area contributed by atoms with Crippen molar-refractivity contribution in [2.24, 2.45) is 5.41 Å². The Labute approximate surface area is 85.6 Å². The molecule has 0 atom stereocenters. The van der Waals surface area contributed by atoms with Crippen molar-refractivity contribution >= 4 is 5.97 Å². The predicted molar refractivity (Wildman–Crippen MR) is 55.4 cm³/mol. The SMILES string of the molecule is CCOCCCNCC(C)(C)C(=O)O. The Morgan fingerprint density at radius 2 is 2.14 bits per heavy atom. The summed E-state index contributed by atoms with van der Waals surface area (Å²) in [5.41, 5.74) is -0.689. The highest BCUT2D eigenvalue weighted by Gasteiger charge is 2.25. The number of nitrogens with one attached hydrogen (secondary N) is 1. The second-order valence-electron chi connectivity index (χ2n) is 3.92. The fraction of sp³-hybridized carbons (Fsp3) is 0.900. The van der Waals surface area contributed by atoms with E-state index in [1.54, 1.807) is 13.8 Å². The molecule has 0 aliphatic heterocycles. The van der Waals surface area contributed by atoms with Gasteiger partial charge in [0, 0.05) is 19.8 Å². The van der Waals surface area contributed by atoms with Crippen LogP contribution in [-0.4, -0.2) is 37.4 Å². The molecule has 4 heteroatoms. The average Bonchev–Trinajstić information content (AvgIpc) is 2.10. The van der Waals surface area contributed by atoms with Crippen LogP contribution in [0.5, 0.6) is 0 Å². The lowest BCUT2D eigenvalue weighted by atomic mass is 9.94. The van der Waals surface area contributed by atoms with Gasteiger partial charge in [0.15, 0.2) is 0 Å². The number of carbonyl (C=O) groups is 1. The molecule has 0 bridgehead atoms. The maximum atomic E-state index is 10.7. The summed E-state index contributed by atoms with van der Waals surface area (Å²) in [6, 6.07) is 0. The molecule has 4 nitrogen and oxygen atoms in total. The monoisotopic (exact) mass is 203 g/mol. The molecule has 2 N–H and O–H groups in total. The van der Waals surface area contributed by atoms with Crippen LogP contribution in [-0.2, 0) is 9.53 Å². The Balaban J connectivity index is 3.40. The number of aliphatic carboxylic acids is 1. The number of carboxylic acid groups (broad SMARTS) is 1. The summed E-state index contributed by atoms with van der Waals surface area (Å²) >= 11 is 0. The minimum Gasteiger partial charge on any atom is -0.481 e. The van der Waals surface area contributed by atoms with Gasteiger partial charge in [-0.15, -0.1) is 0 Å². The average molecular weight is 203 g/mol. The summed E-state index contributed by atoms with van der Waals surface area (Å²) in [4.78, 5) is 10.7. The van der Waals surface area contributed by atoms with Crippen LogP contribution in [0.3, 0.4) is 0 Å². The van der Waals surface area contributed by atoms with Crippen LogP contribution >= 0.6 is 0 Å². The second kappa shape index (κ2) is 6.79. The molecule has 0 radical (unpaired) electrons. The predicted octanol–water partition coefficient (Wildman–Crippen LogP) is 1.11. The molecular formula is C10H21NO3. The van der Waals surface area contributed by atoms with Gasteiger partial charge in [0.2, 0.25) is 0 Å². The maximum Gasteiger partial charge on any atom is 0.310 e. The summed E-state index contributed by atoms with van der Waals surface area (Å²) in [5.74, 6) is -0.769. The first-order valence-corrected chi connectivity index (χ1v) is 5.02. The molecule has 0 saturated carbocycles. The highest BCUT2D eigenvalue weighted by Crippen LogP contribution is 2.12. The van der Waals surface area contributed by atoms with E-state index in [1.165, 1.54) is 0 Å². The summed E-state index contributed by atoms with van der Waals surface area (Å²) in [6.45, 7) is 8.15. The smallest absolute Gasteiger partial charge is 0.310 e. The van der Waals surface area contributed by atoms with E-state index < -0.39 is 11.4 Å². The summed E-state index contributed by atoms with van der Waals surface area (Å²) in [7, 11) is 0. The molecule has 0 amide bonds. The molecule has 84 valence electrons. The van der Waals surface area contributed by atoms with Gasteiger partial charge in [-0.2, -0.15) is 0 Å². The lowest BCUT2D eigenvalue weighted by molar-refractivity contribution is -0.146. The van der Waals surface area contributed by atoms with Gasteiger partial charge in [-0.3, -0.25) is 4.79 Å². The molecule has 0 heterocycles. The van der Waals surface area contributed by atoms with Crippen LogP contribution in [0.2, 0.25) is 0 Å². The van der Waals surface area contributed by atoms with Crippen molar-refractivity contribution < 1.29 is 14.6 Å². The zero-order chi connectivity index (χ0) is 11.0. The number of carboxylic acids is 1. The number of rotatable bonds is 8. The van der Waals surface area contributed by atoms with E-state index in [2.05, 4.69) is 5.32 Å². The van der Waals surface area contributed by atoms with E-state index in [0.29, 0.717) is 6.54 Å². The third-order valence-corrected chi connectivity index (χ3v) is 1.99. The van der Waals surface area contributed by atoms with E-state index in [4.69, 9.17) is 9.84 Å². The van der Waals surface area contributed by atoms with E-state index in [0.717, 1.165) is 26.2 Å². The van der Waals surface area contributed by atoms with Crippen LogP contribution in [0, 0.1) is 5.41 Å². The van der Waals surface area contributed by atoms with Crippen LogP contribution in [0.1, 0.15) is 27.2 Å². The van der Waals surface area contributed by atoms with Crippen molar-refractivity contribution in [3.05, 3.63) is 0 Å². The maximum absolute atomic E-state index is 10.7. The summed E-state index contributed by atoms with van der Waals surface area (Å²) in [6.07, 6.45) is 0.920. The van der Waals surface area contributed by atoms with Crippen LogP contribution in [0.25, 0.3) is 0 Å². The number of hydrogen-bond acceptors (Lipinski definition) is 3. The highest BCUT2D eigenvalue weighted by atomic mass is 16.5. The largest absolute Gasteiger partial charge is 0.481 e. The molecule has 0 fully saturated rings. The van der Waals surface area contributed by atoms with Crippen molar-refractivity contribution in [3.8, 4) is 0 Å².